The van der Waals surface area contributed by atoms with Gasteiger partial charge in [0.1, 0.15) is 5.75 Å². The lowest BCUT2D eigenvalue weighted by Crippen LogP contribution is -2.25. The molecule has 0 spiro atoms. The van der Waals surface area contributed by atoms with Crippen LogP contribution in [-0.4, -0.2) is 12.4 Å². The maximum Gasteiger partial charge on any atom is 0.153 e. The number of carbonyl (C=O) groups excluding carboxylic acids is 1. The van der Waals surface area contributed by atoms with Crippen LogP contribution in [0.15, 0.2) is 22.7 Å². The third kappa shape index (κ3) is 1.82. The topological polar surface area (TPSA) is 26.3 Å². The van der Waals surface area contributed by atoms with Gasteiger partial charge in [-0.2, -0.15) is 0 Å². The van der Waals surface area contributed by atoms with E-state index in [1.807, 2.05) is 12.1 Å². The molecule has 0 bridgehead atoms. The third-order valence-electron chi connectivity index (χ3n) is 2.46. The Bertz CT molecular complexity index is 345. The second-order valence-electron chi connectivity index (χ2n) is 3.45. The molecule has 14 heavy (non-hydrogen) atoms. The molecule has 1 aliphatic carbocycles. The van der Waals surface area contributed by atoms with Gasteiger partial charge in [-0.05, 0) is 47.3 Å². The van der Waals surface area contributed by atoms with Crippen LogP contribution >= 0.6 is 15.9 Å². The number of hydrogen-bond acceptors (Lipinski definition) is 2. The van der Waals surface area contributed by atoms with Crippen molar-refractivity contribution < 1.29 is 9.53 Å². The van der Waals surface area contributed by atoms with Crippen LogP contribution in [0.4, 0.5) is 0 Å². The van der Waals surface area contributed by atoms with Gasteiger partial charge in [0.2, 0.25) is 0 Å². The van der Waals surface area contributed by atoms with Crippen molar-refractivity contribution in [2.24, 2.45) is 0 Å². The standard InChI is InChI=1S/C11H11BrO2/c12-10-6-1-3-8(7-13)11(10)14-9-4-2-5-9/h1,3,6-7,9H,2,4-5H2. The molecule has 74 valence electrons. The van der Waals surface area contributed by atoms with E-state index in [1.165, 1.54) is 6.42 Å². The first kappa shape index (κ1) is 9.71. The van der Waals surface area contributed by atoms with Crippen LogP contribution in [-0.2, 0) is 0 Å². The number of para-hydroxylation sites is 1. The summed E-state index contributed by atoms with van der Waals surface area (Å²) in [6.07, 6.45) is 4.55. The molecule has 2 rings (SSSR count). The number of carbonyl (C=O) groups is 1. The highest BCUT2D eigenvalue weighted by atomic mass is 79.9. The van der Waals surface area contributed by atoms with Crippen molar-refractivity contribution in [3.8, 4) is 5.75 Å². The maximum atomic E-state index is 10.8. The quantitative estimate of drug-likeness (QED) is 0.775. The molecule has 1 aromatic rings. The predicted octanol–water partition coefficient (Wildman–Crippen LogP) is 3.19. The van der Waals surface area contributed by atoms with Crippen LogP contribution < -0.4 is 4.74 Å². The van der Waals surface area contributed by atoms with Gasteiger partial charge >= 0.3 is 0 Å². The number of benzene rings is 1. The van der Waals surface area contributed by atoms with E-state index in [9.17, 15) is 4.79 Å². The summed E-state index contributed by atoms with van der Waals surface area (Å²) in [5.41, 5.74) is 0.617. The first-order valence-electron chi connectivity index (χ1n) is 4.71. The third-order valence-corrected chi connectivity index (χ3v) is 3.09. The molecule has 0 N–H and O–H groups in total. The van der Waals surface area contributed by atoms with Crippen molar-refractivity contribution in [3.05, 3.63) is 28.2 Å². The van der Waals surface area contributed by atoms with E-state index < -0.39 is 0 Å². The summed E-state index contributed by atoms with van der Waals surface area (Å²) in [6.45, 7) is 0. The van der Waals surface area contributed by atoms with E-state index in [-0.39, 0.29) is 0 Å². The van der Waals surface area contributed by atoms with Crippen LogP contribution in [0.5, 0.6) is 5.75 Å². The van der Waals surface area contributed by atoms with E-state index in [0.29, 0.717) is 17.4 Å². The van der Waals surface area contributed by atoms with Gasteiger partial charge in [0.25, 0.3) is 0 Å². The van der Waals surface area contributed by atoms with Crippen LogP contribution in [0.3, 0.4) is 0 Å². The Labute approximate surface area is 91.4 Å². The van der Waals surface area contributed by atoms with Crippen LogP contribution in [0.1, 0.15) is 29.6 Å². The number of ether oxygens (including phenoxy) is 1. The molecule has 0 atom stereocenters. The Morgan fingerprint density at radius 2 is 2.21 bits per heavy atom. The molecule has 2 nitrogen and oxygen atoms in total. The molecule has 0 aromatic heterocycles. The molecule has 1 saturated carbocycles. The summed E-state index contributed by atoms with van der Waals surface area (Å²) >= 11 is 3.39. The molecule has 0 saturated heterocycles. The molecule has 3 heteroatoms. The molecule has 0 radical (unpaired) electrons. The van der Waals surface area contributed by atoms with Gasteiger partial charge in [0, 0.05) is 0 Å². The molecule has 0 amide bonds. The van der Waals surface area contributed by atoms with E-state index in [2.05, 4.69) is 15.9 Å². The molecule has 0 heterocycles. The van der Waals surface area contributed by atoms with Crippen LogP contribution in [0.25, 0.3) is 0 Å². The van der Waals surface area contributed by atoms with E-state index in [1.54, 1.807) is 6.07 Å². The Balaban J connectivity index is 2.24. The Morgan fingerprint density at radius 3 is 2.79 bits per heavy atom. The summed E-state index contributed by atoms with van der Waals surface area (Å²) in [7, 11) is 0. The van der Waals surface area contributed by atoms with Gasteiger partial charge < -0.3 is 4.74 Å². The van der Waals surface area contributed by atoms with Gasteiger partial charge in [-0.25, -0.2) is 0 Å². The zero-order chi connectivity index (χ0) is 9.97. The predicted molar refractivity (Wildman–Crippen MR) is 57.8 cm³/mol. The minimum atomic E-state index is 0.299. The smallest absolute Gasteiger partial charge is 0.153 e. The van der Waals surface area contributed by atoms with E-state index >= 15 is 0 Å². The molecular weight excluding hydrogens is 244 g/mol. The Morgan fingerprint density at radius 1 is 1.43 bits per heavy atom. The first-order chi connectivity index (χ1) is 6.81. The Hall–Kier alpha value is -0.830. The minimum absolute atomic E-state index is 0.299. The van der Waals surface area contributed by atoms with Crippen molar-refractivity contribution in [2.45, 2.75) is 25.4 Å². The van der Waals surface area contributed by atoms with Crippen molar-refractivity contribution in [1.82, 2.24) is 0 Å². The highest BCUT2D eigenvalue weighted by Crippen LogP contribution is 2.32. The summed E-state index contributed by atoms with van der Waals surface area (Å²) < 4.78 is 6.58. The zero-order valence-electron chi connectivity index (χ0n) is 7.70. The average Bonchev–Trinajstić information content (AvgIpc) is 2.12. The largest absolute Gasteiger partial charge is 0.488 e. The molecule has 1 aromatic carbocycles. The maximum absolute atomic E-state index is 10.8. The fourth-order valence-electron chi connectivity index (χ4n) is 1.40. The van der Waals surface area contributed by atoms with Crippen molar-refractivity contribution >= 4 is 22.2 Å². The fraction of sp³-hybridized carbons (Fsp3) is 0.364. The second kappa shape index (κ2) is 4.13. The van der Waals surface area contributed by atoms with Gasteiger partial charge in [-0.1, -0.05) is 6.07 Å². The van der Waals surface area contributed by atoms with E-state index in [0.717, 1.165) is 23.6 Å². The normalized spacial score (nSPS) is 16.1. The van der Waals surface area contributed by atoms with Crippen LogP contribution in [0.2, 0.25) is 0 Å². The molecule has 0 unspecified atom stereocenters. The first-order valence-corrected chi connectivity index (χ1v) is 5.51. The summed E-state index contributed by atoms with van der Waals surface area (Å²) in [5, 5.41) is 0. The van der Waals surface area contributed by atoms with Gasteiger partial charge in [-0.3, -0.25) is 4.79 Å². The van der Waals surface area contributed by atoms with Crippen molar-refractivity contribution in [1.29, 1.82) is 0 Å². The number of halogens is 1. The fourth-order valence-corrected chi connectivity index (χ4v) is 1.87. The highest BCUT2D eigenvalue weighted by molar-refractivity contribution is 9.10. The second-order valence-corrected chi connectivity index (χ2v) is 4.30. The number of aldehydes is 1. The van der Waals surface area contributed by atoms with Gasteiger partial charge in [-0.15, -0.1) is 0 Å². The Kier molecular flexibility index (Phi) is 2.87. The number of hydrogen-bond donors (Lipinski definition) is 0. The van der Waals surface area contributed by atoms with Crippen LogP contribution in [0, 0.1) is 0 Å². The van der Waals surface area contributed by atoms with Gasteiger partial charge in [0.05, 0.1) is 16.1 Å². The lowest BCUT2D eigenvalue weighted by atomic mass is 9.96. The number of rotatable bonds is 3. The highest BCUT2D eigenvalue weighted by Gasteiger charge is 2.21. The van der Waals surface area contributed by atoms with Crippen molar-refractivity contribution in [3.63, 3.8) is 0 Å². The monoisotopic (exact) mass is 254 g/mol. The van der Waals surface area contributed by atoms with Crippen molar-refractivity contribution in [2.75, 3.05) is 0 Å². The van der Waals surface area contributed by atoms with Gasteiger partial charge in [0.15, 0.2) is 6.29 Å². The zero-order valence-corrected chi connectivity index (χ0v) is 9.29. The molecule has 1 aliphatic rings. The molecule has 1 fully saturated rings. The summed E-state index contributed by atoms with van der Waals surface area (Å²) in [4.78, 5) is 10.8. The summed E-state index contributed by atoms with van der Waals surface area (Å²) in [6, 6.07) is 5.49. The lowest BCUT2D eigenvalue weighted by Gasteiger charge is -2.27. The average molecular weight is 255 g/mol. The lowest BCUT2D eigenvalue weighted by molar-refractivity contribution is 0.107. The molecule has 0 aliphatic heterocycles. The SMILES string of the molecule is O=Cc1cccc(Br)c1OC1CCC1. The molecular formula is C11H11BrO2. The minimum Gasteiger partial charge on any atom is -0.488 e. The summed E-state index contributed by atoms with van der Waals surface area (Å²) in [5.74, 6) is 0.687. The van der Waals surface area contributed by atoms with E-state index in [4.69, 9.17) is 4.74 Å².